The molecule has 0 fully saturated rings. The van der Waals surface area contributed by atoms with Gasteiger partial charge in [-0.1, -0.05) is 217 Å². The van der Waals surface area contributed by atoms with Gasteiger partial charge in [-0.2, -0.15) is 0 Å². The maximum atomic E-state index is 12.5. The molecule has 58 heavy (non-hydrogen) atoms. The van der Waals surface area contributed by atoms with Crippen LogP contribution in [0.15, 0.2) is 36.5 Å². The minimum absolute atomic E-state index is 0.329. The third-order valence-electron chi connectivity index (χ3n) is 11.8. The second kappa shape index (κ2) is 46.6. The number of nitrogens with one attached hydrogen (secondary N) is 1. The standard InChI is InChI=1S/C52H99NO5/c1-3-5-7-9-11-13-15-17-18-19-20-21-22-23-24-25-26-27-28-29-30-31-32-33-34-36-37-39-41-43-45-49(55)51(57)48(47-54)53-52(58)50(56)46-44-42-40-38-35-16-14-12-10-8-6-4-2/h32-33,35,37-39,48-51,54-57H,3-31,34,36,40-47H2,1-2H3,(H,53,58)/b33-32+,38-35-,39-37+. The molecule has 0 aromatic heterocycles. The average Bonchev–Trinajstić information content (AvgIpc) is 3.23. The number of hydrogen-bond acceptors (Lipinski definition) is 5. The fraction of sp³-hybridized carbons (Fsp3) is 0.865. The van der Waals surface area contributed by atoms with Crippen molar-refractivity contribution in [1.82, 2.24) is 5.32 Å². The summed E-state index contributed by atoms with van der Waals surface area (Å²) in [6.45, 7) is 4.02. The largest absolute Gasteiger partial charge is 0.394 e. The first-order valence-electron chi connectivity index (χ1n) is 25.4. The van der Waals surface area contributed by atoms with E-state index in [2.05, 4.69) is 55.6 Å². The average molecular weight is 818 g/mol. The summed E-state index contributed by atoms with van der Waals surface area (Å²) in [5.74, 6) is -0.614. The second-order valence-electron chi connectivity index (χ2n) is 17.5. The highest BCUT2D eigenvalue weighted by atomic mass is 16.3. The minimum Gasteiger partial charge on any atom is -0.394 e. The summed E-state index contributed by atoms with van der Waals surface area (Å²) in [6.07, 6.45) is 56.5. The van der Waals surface area contributed by atoms with Gasteiger partial charge in [-0.05, 0) is 77.0 Å². The molecular formula is C52H99NO5. The highest BCUT2D eigenvalue weighted by Crippen LogP contribution is 2.16. The van der Waals surface area contributed by atoms with Crippen LogP contribution in [0.5, 0.6) is 0 Å². The van der Waals surface area contributed by atoms with Gasteiger partial charge in [-0.15, -0.1) is 0 Å². The first kappa shape index (κ1) is 56.5. The summed E-state index contributed by atoms with van der Waals surface area (Å²) in [5.41, 5.74) is 0. The molecule has 5 N–H and O–H groups in total. The lowest BCUT2D eigenvalue weighted by atomic mass is 10.00. The van der Waals surface area contributed by atoms with Crippen LogP contribution in [0.1, 0.15) is 258 Å². The lowest BCUT2D eigenvalue weighted by Crippen LogP contribution is -2.53. The van der Waals surface area contributed by atoms with Crippen LogP contribution >= 0.6 is 0 Å². The van der Waals surface area contributed by atoms with Gasteiger partial charge in [0.1, 0.15) is 12.2 Å². The Morgan fingerprint density at radius 3 is 1.09 bits per heavy atom. The van der Waals surface area contributed by atoms with Gasteiger partial charge >= 0.3 is 0 Å². The Balaban J connectivity index is 3.67. The Labute approximate surface area is 360 Å². The molecule has 0 aliphatic rings. The molecule has 0 radical (unpaired) electrons. The number of carbonyl (C=O) groups excluding carboxylic acids is 1. The first-order valence-corrected chi connectivity index (χ1v) is 25.4. The zero-order chi connectivity index (χ0) is 42.4. The van der Waals surface area contributed by atoms with E-state index in [1.807, 2.05) is 0 Å². The fourth-order valence-corrected chi connectivity index (χ4v) is 7.77. The number of carbonyl (C=O) groups is 1. The van der Waals surface area contributed by atoms with Gasteiger partial charge in [-0.25, -0.2) is 0 Å². The third-order valence-corrected chi connectivity index (χ3v) is 11.8. The normalized spacial score (nSPS) is 14.2. The molecule has 0 bridgehead atoms. The van der Waals surface area contributed by atoms with E-state index in [-0.39, 0.29) is 0 Å². The maximum Gasteiger partial charge on any atom is 0.249 e. The van der Waals surface area contributed by atoms with Crippen molar-refractivity contribution in [2.24, 2.45) is 0 Å². The van der Waals surface area contributed by atoms with Crippen molar-refractivity contribution in [3.63, 3.8) is 0 Å². The van der Waals surface area contributed by atoms with Crippen LogP contribution in [0.25, 0.3) is 0 Å². The summed E-state index contributed by atoms with van der Waals surface area (Å²) < 4.78 is 0. The van der Waals surface area contributed by atoms with E-state index < -0.39 is 36.9 Å². The second-order valence-corrected chi connectivity index (χ2v) is 17.5. The van der Waals surface area contributed by atoms with E-state index in [9.17, 15) is 25.2 Å². The van der Waals surface area contributed by atoms with Crippen LogP contribution in [0.2, 0.25) is 0 Å². The fourth-order valence-electron chi connectivity index (χ4n) is 7.77. The molecule has 342 valence electrons. The van der Waals surface area contributed by atoms with Gasteiger partial charge in [0.2, 0.25) is 5.91 Å². The summed E-state index contributed by atoms with van der Waals surface area (Å²) in [7, 11) is 0. The quantitative estimate of drug-likeness (QED) is 0.0310. The van der Waals surface area contributed by atoms with Crippen molar-refractivity contribution in [3.05, 3.63) is 36.5 Å². The van der Waals surface area contributed by atoms with E-state index in [1.54, 1.807) is 0 Å². The molecule has 4 unspecified atom stereocenters. The van der Waals surface area contributed by atoms with Gasteiger partial charge in [0.05, 0.1) is 18.8 Å². The molecule has 6 nitrogen and oxygen atoms in total. The van der Waals surface area contributed by atoms with Crippen LogP contribution in [0.3, 0.4) is 0 Å². The Kier molecular flexibility index (Phi) is 45.4. The summed E-state index contributed by atoms with van der Waals surface area (Å²) in [4.78, 5) is 12.5. The van der Waals surface area contributed by atoms with Crippen LogP contribution < -0.4 is 5.32 Å². The summed E-state index contributed by atoms with van der Waals surface area (Å²) in [5, 5.41) is 43.6. The number of unbranched alkanes of at least 4 members (excludes halogenated alkanes) is 31. The predicted octanol–water partition coefficient (Wildman–Crippen LogP) is 14.1. The van der Waals surface area contributed by atoms with Crippen LogP contribution in [-0.2, 0) is 4.79 Å². The summed E-state index contributed by atoms with van der Waals surface area (Å²) in [6, 6.07) is -1.02. The maximum absolute atomic E-state index is 12.5. The topological polar surface area (TPSA) is 110 Å². The lowest BCUT2D eigenvalue weighted by Gasteiger charge is -2.27. The number of amides is 1. The molecule has 0 heterocycles. The molecule has 0 spiro atoms. The zero-order valence-electron chi connectivity index (χ0n) is 38.5. The molecule has 6 heteroatoms. The van der Waals surface area contributed by atoms with Gasteiger partial charge in [0.25, 0.3) is 0 Å². The highest BCUT2D eigenvalue weighted by molar-refractivity contribution is 5.80. The van der Waals surface area contributed by atoms with Crippen LogP contribution in [-0.4, -0.2) is 57.3 Å². The number of aliphatic hydroxyl groups excluding tert-OH is 4. The van der Waals surface area contributed by atoms with Crippen molar-refractivity contribution in [2.75, 3.05) is 6.61 Å². The van der Waals surface area contributed by atoms with Crippen molar-refractivity contribution < 1.29 is 25.2 Å². The van der Waals surface area contributed by atoms with Crippen LogP contribution in [0, 0.1) is 0 Å². The van der Waals surface area contributed by atoms with Gasteiger partial charge in [0.15, 0.2) is 0 Å². The minimum atomic E-state index is -1.30. The van der Waals surface area contributed by atoms with E-state index in [0.29, 0.717) is 25.7 Å². The lowest BCUT2D eigenvalue weighted by molar-refractivity contribution is -0.132. The molecule has 4 atom stereocenters. The smallest absolute Gasteiger partial charge is 0.249 e. The van der Waals surface area contributed by atoms with Gasteiger partial charge in [0, 0.05) is 0 Å². The molecule has 0 aliphatic heterocycles. The SMILES string of the molecule is CCCCCCCC/C=C\CCCCC(O)C(=O)NC(CO)C(O)C(O)CCC/C=C/CC/C=C/CCCCCCCCCCCCCCCCCCCCCCC. The Hall–Kier alpha value is -1.47. The Morgan fingerprint density at radius 2 is 0.724 bits per heavy atom. The van der Waals surface area contributed by atoms with Crippen molar-refractivity contribution in [1.29, 1.82) is 0 Å². The molecule has 0 saturated carbocycles. The van der Waals surface area contributed by atoms with Gasteiger partial charge < -0.3 is 25.7 Å². The Bertz CT molecular complexity index is 919. The van der Waals surface area contributed by atoms with Crippen molar-refractivity contribution >= 4 is 5.91 Å². The molecule has 1 amide bonds. The van der Waals surface area contributed by atoms with Crippen molar-refractivity contribution in [3.8, 4) is 0 Å². The van der Waals surface area contributed by atoms with E-state index in [4.69, 9.17) is 0 Å². The number of rotatable bonds is 46. The molecule has 0 aliphatic carbocycles. The number of hydrogen-bond donors (Lipinski definition) is 5. The Morgan fingerprint density at radius 1 is 0.414 bits per heavy atom. The van der Waals surface area contributed by atoms with Gasteiger partial charge in [-0.3, -0.25) is 4.79 Å². The van der Waals surface area contributed by atoms with E-state index >= 15 is 0 Å². The molecule has 0 saturated heterocycles. The molecular weight excluding hydrogens is 719 g/mol. The first-order chi connectivity index (χ1) is 28.5. The van der Waals surface area contributed by atoms with E-state index in [1.165, 1.54) is 180 Å². The predicted molar refractivity (Wildman–Crippen MR) is 251 cm³/mol. The number of allylic oxidation sites excluding steroid dienone is 6. The molecule has 0 aromatic rings. The van der Waals surface area contributed by atoms with E-state index in [0.717, 1.165) is 38.5 Å². The van der Waals surface area contributed by atoms with Crippen molar-refractivity contribution in [2.45, 2.75) is 282 Å². The highest BCUT2D eigenvalue weighted by Gasteiger charge is 2.28. The molecule has 0 aromatic carbocycles. The monoisotopic (exact) mass is 818 g/mol. The summed E-state index contributed by atoms with van der Waals surface area (Å²) >= 11 is 0. The van der Waals surface area contributed by atoms with Crippen LogP contribution in [0.4, 0.5) is 0 Å². The third kappa shape index (κ3) is 40.0. The molecule has 0 rings (SSSR count). The zero-order valence-corrected chi connectivity index (χ0v) is 38.5. The number of aliphatic hydroxyl groups is 4.